The number of benzene rings is 2. The van der Waals surface area contributed by atoms with Gasteiger partial charge in [-0.05, 0) is 55.3 Å². The molecule has 324 valence electrons. The number of carbonyl (C=O) groups excluding carboxylic acids is 1. The second-order valence-electron chi connectivity index (χ2n) is 13.8. The maximum Gasteiger partial charge on any atom is 0.331 e. The number of phenolic OH excluding ortho intramolecular Hbond substituents is 4. The fourth-order valence-electron chi connectivity index (χ4n) is 6.62. The number of hydrogen-bond donors (Lipinski definition) is 12. The van der Waals surface area contributed by atoms with Crippen LogP contribution in [-0.4, -0.2) is 186 Å². The molecule has 3 heterocycles. The van der Waals surface area contributed by atoms with Crippen molar-refractivity contribution in [1.29, 1.82) is 0 Å². The molecular formula is C37H50O21. The fraction of sp³-hybridized carbons (Fsp3) is 0.595. The Bertz CT molecular complexity index is 1680. The fourth-order valence-corrected chi connectivity index (χ4v) is 6.62. The molecule has 16 atom stereocenters. The van der Waals surface area contributed by atoms with Crippen LogP contribution in [0.15, 0.2) is 42.5 Å². The van der Waals surface area contributed by atoms with Crippen LogP contribution in [0.5, 0.6) is 23.0 Å². The number of carbonyl (C=O) groups is 1. The highest BCUT2D eigenvalue weighted by Gasteiger charge is 2.54. The molecule has 0 radical (unpaired) electrons. The minimum absolute atomic E-state index is 0.169. The minimum Gasteiger partial charge on any atom is -0.504 e. The smallest absolute Gasteiger partial charge is 0.331 e. The topological polar surface area (TPSA) is 334 Å². The molecule has 16 unspecified atom stereocenters. The molecule has 3 aliphatic heterocycles. The van der Waals surface area contributed by atoms with Crippen molar-refractivity contribution >= 4 is 12.0 Å². The van der Waals surface area contributed by atoms with Crippen LogP contribution in [0.4, 0.5) is 0 Å². The number of phenols is 4. The lowest BCUT2D eigenvalue weighted by molar-refractivity contribution is -0.377. The van der Waals surface area contributed by atoms with Gasteiger partial charge in [0.15, 0.2) is 48.0 Å². The molecule has 3 saturated heterocycles. The maximum atomic E-state index is 13.1. The van der Waals surface area contributed by atoms with Crippen LogP contribution in [0.3, 0.4) is 0 Å². The molecule has 58 heavy (non-hydrogen) atoms. The SMILES string of the molecule is CCOC(COC1OC(CO)C(OC(=O)C=Cc2ccc(O)c(O)c2)C(OC2OC(C)C(OC3OC(CO)C(O)C(O)C3O)C(O)C2O)C1O)c1ccc(O)c(O)c1. The summed E-state index contributed by atoms with van der Waals surface area (Å²) < 4.78 is 45.9. The molecule has 2 aromatic rings. The van der Waals surface area contributed by atoms with E-state index >= 15 is 0 Å². The lowest BCUT2D eigenvalue weighted by Crippen LogP contribution is -2.66. The second kappa shape index (κ2) is 20.0. The van der Waals surface area contributed by atoms with E-state index in [0.717, 1.165) is 12.1 Å². The Morgan fingerprint density at radius 1 is 0.690 bits per heavy atom. The molecule has 21 heteroatoms. The average Bonchev–Trinajstić information content (AvgIpc) is 3.20. The Hall–Kier alpha value is -3.75. The molecule has 0 saturated carbocycles. The van der Waals surface area contributed by atoms with Crippen LogP contribution >= 0.6 is 0 Å². The summed E-state index contributed by atoms with van der Waals surface area (Å²) in [5, 5.41) is 124. The Morgan fingerprint density at radius 3 is 1.93 bits per heavy atom. The molecule has 0 spiro atoms. The first-order chi connectivity index (χ1) is 27.6. The van der Waals surface area contributed by atoms with Gasteiger partial charge < -0.3 is 99.2 Å². The van der Waals surface area contributed by atoms with Gasteiger partial charge in [-0.2, -0.15) is 0 Å². The van der Waals surface area contributed by atoms with Crippen molar-refractivity contribution in [3.63, 3.8) is 0 Å². The quantitative estimate of drug-likeness (QED) is 0.0495. The molecule has 3 aliphatic rings. The van der Waals surface area contributed by atoms with Crippen molar-refractivity contribution in [2.75, 3.05) is 26.4 Å². The third-order valence-corrected chi connectivity index (χ3v) is 9.82. The third-order valence-electron chi connectivity index (χ3n) is 9.82. The normalized spacial score (nSPS) is 36.1. The van der Waals surface area contributed by atoms with Crippen LogP contribution in [0.2, 0.25) is 0 Å². The van der Waals surface area contributed by atoms with Gasteiger partial charge in [-0.3, -0.25) is 0 Å². The summed E-state index contributed by atoms with van der Waals surface area (Å²) >= 11 is 0. The van der Waals surface area contributed by atoms with Crippen LogP contribution in [-0.2, 0) is 42.7 Å². The first-order valence-corrected chi connectivity index (χ1v) is 18.3. The molecule has 5 rings (SSSR count). The second-order valence-corrected chi connectivity index (χ2v) is 13.8. The summed E-state index contributed by atoms with van der Waals surface area (Å²) in [6.07, 6.45) is -23.9. The third kappa shape index (κ3) is 10.3. The van der Waals surface area contributed by atoms with Crippen molar-refractivity contribution in [2.45, 2.75) is 112 Å². The summed E-state index contributed by atoms with van der Waals surface area (Å²) in [6, 6.07) is 7.66. The Balaban J connectivity index is 1.37. The van der Waals surface area contributed by atoms with Crippen molar-refractivity contribution < 1.29 is 104 Å². The number of esters is 1. The highest BCUT2D eigenvalue weighted by atomic mass is 16.8. The molecule has 21 nitrogen and oxygen atoms in total. The van der Waals surface area contributed by atoms with E-state index in [1.54, 1.807) is 6.92 Å². The summed E-state index contributed by atoms with van der Waals surface area (Å²) in [6.45, 7) is 1.29. The highest BCUT2D eigenvalue weighted by Crippen LogP contribution is 2.35. The van der Waals surface area contributed by atoms with Gasteiger partial charge in [0.1, 0.15) is 67.1 Å². The number of hydrogen-bond acceptors (Lipinski definition) is 21. The maximum absolute atomic E-state index is 13.1. The lowest BCUT2D eigenvalue weighted by atomic mass is 9.96. The molecule has 0 aromatic heterocycles. The molecule has 2 aromatic carbocycles. The van der Waals surface area contributed by atoms with Gasteiger partial charge in [0.2, 0.25) is 0 Å². The minimum atomic E-state index is -1.99. The van der Waals surface area contributed by atoms with Gasteiger partial charge in [-0.15, -0.1) is 0 Å². The predicted octanol–water partition coefficient (Wildman–Crippen LogP) is -2.66. The standard InChI is InChI=1S/C37H50O21/c1-3-51-24(17-6-8-19(41)21(43)11-17)14-52-35-31(50)34(33(23(13-39)55-35)56-25(44)9-5-16-4-7-18(40)20(42)10-16)58-36-30(49)28(47)32(15(2)53-36)57-37-29(48)27(46)26(45)22(12-38)54-37/h4-11,15,22-24,26-43,45-50H,3,12-14H2,1-2H3. The molecule has 3 fully saturated rings. The largest absolute Gasteiger partial charge is 0.504 e. The summed E-state index contributed by atoms with van der Waals surface area (Å²) in [5.41, 5.74) is 0.650. The monoisotopic (exact) mass is 830 g/mol. The number of aromatic hydroxyl groups is 4. The van der Waals surface area contributed by atoms with E-state index in [0.29, 0.717) is 5.56 Å². The Morgan fingerprint density at radius 2 is 1.29 bits per heavy atom. The molecule has 0 amide bonds. The van der Waals surface area contributed by atoms with E-state index in [4.69, 9.17) is 37.9 Å². The first kappa shape index (κ1) is 45.3. The van der Waals surface area contributed by atoms with Gasteiger partial charge in [0.05, 0.1) is 25.9 Å². The Kier molecular flexibility index (Phi) is 15.6. The summed E-state index contributed by atoms with van der Waals surface area (Å²) in [7, 11) is 0. The predicted molar refractivity (Wildman–Crippen MR) is 190 cm³/mol. The summed E-state index contributed by atoms with van der Waals surface area (Å²) in [5.74, 6) is -2.74. The van der Waals surface area contributed by atoms with Crippen molar-refractivity contribution in [1.82, 2.24) is 0 Å². The van der Waals surface area contributed by atoms with Crippen LogP contribution in [0.1, 0.15) is 31.1 Å². The number of aliphatic hydroxyl groups is 8. The van der Waals surface area contributed by atoms with Crippen molar-refractivity contribution in [3.8, 4) is 23.0 Å². The zero-order valence-electron chi connectivity index (χ0n) is 31.2. The van der Waals surface area contributed by atoms with Gasteiger partial charge in [0.25, 0.3) is 0 Å². The first-order valence-electron chi connectivity index (χ1n) is 18.3. The zero-order chi connectivity index (χ0) is 42.4. The van der Waals surface area contributed by atoms with E-state index in [9.17, 15) is 66.1 Å². The van der Waals surface area contributed by atoms with E-state index in [2.05, 4.69) is 0 Å². The number of aliphatic hydroxyl groups excluding tert-OH is 8. The van der Waals surface area contributed by atoms with Crippen molar-refractivity contribution in [2.24, 2.45) is 0 Å². The summed E-state index contributed by atoms with van der Waals surface area (Å²) in [4.78, 5) is 13.1. The van der Waals surface area contributed by atoms with E-state index in [-0.39, 0.29) is 24.5 Å². The van der Waals surface area contributed by atoms with Gasteiger partial charge in [-0.1, -0.05) is 12.1 Å². The van der Waals surface area contributed by atoms with Crippen molar-refractivity contribution in [3.05, 3.63) is 53.6 Å². The van der Waals surface area contributed by atoms with Crippen LogP contribution in [0, 0.1) is 0 Å². The van der Waals surface area contributed by atoms with Gasteiger partial charge >= 0.3 is 5.97 Å². The van der Waals surface area contributed by atoms with Gasteiger partial charge in [0, 0.05) is 12.7 Å². The molecular weight excluding hydrogens is 780 g/mol. The van der Waals surface area contributed by atoms with Crippen LogP contribution in [0.25, 0.3) is 6.08 Å². The van der Waals surface area contributed by atoms with E-state index in [1.807, 2.05) is 0 Å². The van der Waals surface area contributed by atoms with Crippen LogP contribution < -0.4 is 0 Å². The molecule has 0 bridgehead atoms. The average molecular weight is 831 g/mol. The zero-order valence-corrected chi connectivity index (χ0v) is 31.2. The number of ether oxygens (including phenoxy) is 8. The molecule has 12 N–H and O–H groups in total. The molecule has 0 aliphatic carbocycles. The van der Waals surface area contributed by atoms with E-state index in [1.165, 1.54) is 43.3 Å². The highest BCUT2D eigenvalue weighted by molar-refractivity contribution is 5.87. The van der Waals surface area contributed by atoms with E-state index < -0.39 is 135 Å². The number of rotatable bonds is 15. The lowest BCUT2D eigenvalue weighted by Gasteiger charge is -2.48. The van der Waals surface area contributed by atoms with Gasteiger partial charge in [-0.25, -0.2) is 4.79 Å². The Labute approximate surface area is 331 Å².